The highest BCUT2D eigenvalue weighted by Gasteiger charge is 2.20. The maximum Gasteiger partial charge on any atom is 0.224 e. The SMILES string of the molecule is CCCCCc1ncc(-c2ccc(CC[C@H]3CC[C@H](CCC)CC3)cc2)c(F)n1. The quantitative estimate of drug-likeness (QED) is 0.306. The Kier molecular flexibility index (Phi) is 8.64. The molecule has 1 aliphatic rings. The van der Waals surface area contributed by atoms with Gasteiger partial charge in [0.15, 0.2) is 0 Å². The predicted molar refractivity (Wildman–Crippen MR) is 119 cm³/mol. The molecular weight excluding hydrogens is 359 g/mol. The molecule has 1 saturated carbocycles. The van der Waals surface area contributed by atoms with Crippen LogP contribution in [-0.4, -0.2) is 9.97 Å². The standard InChI is InChI=1S/C26H37FN2/c1-3-5-6-8-25-28-19-24(26(27)29-25)23-17-15-22(16-18-23)14-13-21-11-9-20(7-4-2)10-12-21/h15-21H,3-14H2,1-2H3/t20-,21-. The molecule has 0 aliphatic heterocycles. The van der Waals surface area contributed by atoms with Crippen molar-refractivity contribution >= 4 is 0 Å². The highest BCUT2D eigenvalue weighted by atomic mass is 19.1. The molecule has 3 rings (SSSR count). The molecule has 0 N–H and O–H groups in total. The van der Waals surface area contributed by atoms with Crippen LogP contribution in [0.25, 0.3) is 11.1 Å². The van der Waals surface area contributed by atoms with Crippen molar-refractivity contribution in [1.82, 2.24) is 9.97 Å². The average molecular weight is 397 g/mol. The lowest BCUT2D eigenvalue weighted by molar-refractivity contribution is 0.252. The number of benzene rings is 1. The van der Waals surface area contributed by atoms with Gasteiger partial charge in [-0.1, -0.05) is 89.5 Å². The van der Waals surface area contributed by atoms with Gasteiger partial charge in [0.2, 0.25) is 5.95 Å². The highest BCUT2D eigenvalue weighted by molar-refractivity contribution is 5.62. The number of unbranched alkanes of at least 4 members (excludes halogenated alkanes) is 2. The van der Waals surface area contributed by atoms with Gasteiger partial charge in [-0.3, -0.25) is 0 Å². The summed E-state index contributed by atoms with van der Waals surface area (Å²) in [7, 11) is 0. The zero-order valence-corrected chi connectivity index (χ0v) is 18.3. The van der Waals surface area contributed by atoms with Gasteiger partial charge in [-0.05, 0) is 42.2 Å². The van der Waals surface area contributed by atoms with E-state index in [1.165, 1.54) is 50.5 Å². The molecular formula is C26H37FN2. The molecule has 1 fully saturated rings. The molecule has 158 valence electrons. The lowest BCUT2D eigenvalue weighted by Crippen LogP contribution is -2.15. The maximum atomic E-state index is 14.5. The third-order valence-corrected chi connectivity index (χ3v) is 6.57. The Morgan fingerprint density at radius 2 is 1.55 bits per heavy atom. The molecule has 0 unspecified atom stereocenters. The van der Waals surface area contributed by atoms with Gasteiger partial charge >= 0.3 is 0 Å². The third-order valence-electron chi connectivity index (χ3n) is 6.57. The summed E-state index contributed by atoms with van der Waals surface area (Å²) in [5.74, 6) is 2.08. The number of aromatic nitrogens is 2. The Morgan fingerprint density at radius 3 is 2.17 bits per heavy atom. The van der Waals surface area contributed by atoms with E-state index < -0.39 is 5.95 Å². The topological polar surface area (TPSA) is 25.8 Å². The van der Waals surface area contributed by atoms with Gasteiger partial charge in [0, 0.05) is 12.6 Å². The summed E-state index contributed by atoms with van der Waals surface area (Å²) < 4.78 is 14.5. The predicted octanol–water partition coefficient (Wildman–Crippen LogP) is 7.55. The first-order valence-electron chi connectivity index (χ1n) is 11.8. The van der Waals surface area contributed by atoms with Crippen LogP contribution >= 0.6 is 0 Å². The zero-order valence-electron chi connectivity index (χ0n) is 18.3. The lowest BCUT2D eigenvalue weighted by Gasteiger charge is -2.28. The molecule has 0 bridgehead atoms. The minimum Gasteiger partial charge on any atom is -0.241 e. The van der Waals surface area contributed by atoms with Crippen molar-refractivity contribution in [3.05, 3.63) is 47.8 Å². The second-order valence-corrected chi connectivity index (χ2v) is 8.86. The van der Waals surface area contributed by atoms with Crippen LogP contribution in [0.1, 0.15) is 89.4 Å². The fraction of sp³-hybridized carbons (Fsp3) is 0.615. The van der Waals surface area contributed by atoms with E-state index in [9.17, 15) is 4.39 Å². The molecule has 1 aromatic carbocycles. The highest BCUT2D eigenvalue weighted by Crippen LogP contribution is 2.34. The second-order valence-electron chi connectivity index (χ2n) is 8.86. The van der Waals surface area contributed by atoms with Crippen molar-refractivity contribution in [2.45, 2.75) is 90.9 Å². The molecule has 0 radical (unpaired) electrons. The van der Waals surface area contributed by atoms with Crippen LogP contribution in [-0.2, 0) is 12.8 Å². The molecule has 1 aromatic heterocycles. The van der Waals surface area contributed by atoms with E-state index >= 15 is 0 Å². The summed E-state index contributed by atoms with van der Waals surface area (Å²) in [5, 5.41) is 0. The zero-order chi connectivity index (χ0) is 20.5. The van der Waals surface area contributed by atoms with Crippen LogP contribution in [0.5, 0.6) is 0 Å². The van der Waals surface area contributed by atoms with Gasteiger partial charge in [-0.15, -0.1) is 0 Å². The molecule has 3 heteroatoms. The summed E-state index contributed by atoms with van der Waals surface area (Å²) in [6.45, 7) is 4.46. The number of halogens is 1. The van der Waals surface area contributed by atoms with Crippen molar-refractivity contribution in [3.63, 3.8) is 0 Å². The minimum atomic E-state index is -0.400. The van der Waals surface area contributed by atoms with E-state index in [1.54, 1.807) is 6.20 Å². The smallest absolute Gasteiger partial charge is 0.224 e. The number of aryl methyl sites for hydroxylation is 2. The van der Waals surface area contributed by atoms with E-state index in [1.807, 2.05) is 12.1 Å². The maximum absolute atomic E-state index is 14.5. The lowest BCUT2D eigenvalue weighted by atomic mass is 9.78. The summed E-state index contributed by atoms with van der Waals surface area (Å²) >= 11 is 0. The van der Waals surface area contributed by atoms with Crippen molar-refractivity contribution in [2.24, 2.45) is 11.8 Å². The Balaban J connectivity index is 1.51. The first-order valence-corrected chi connectivity index (χ1v) is 11.8. The molecule has 0 amide bonds. The number of hydrogen-bond donors (Lipinski definition) is 0. The van der Waals surface area contributed by atoms with Crippen LogP contribution in [0.3, 0.4) is 0 Å². The Hall–Kier alpha value is -1.77. The fourth-order valence-corrected chi connectivity index (χ4v) is 4.68. The summed E-state index contributed by atoms with van der Waals surface area (Å²) in [6.07, 6.45) is 16.5. The van der Waals surface area contributed by atoms with Crippen LogP contribution in [0.15, 0.2) is 30.5 Å². The van der Waals surface area contributed by atoms with Crippen molar-refractivity contribution in [1.29, 1.82) is 0 Å². The first kappa shape index (κ1) is 21.9. The van der Waals surface area contributed by atoms with E-state index in [4.69, 9.17) is 0 Å². The Bertz CT molecular complexity index is 733. The average Bonchev–Trinajstić information content (AvgIpc) is 2.74. The monoisotopic (exact) mass is 396 g/mol. The van der Waals surface area contributed by atoms with Gasteiger partial charge in [0.25, 0.3) is 0 Å². The van der Waals surface area contributed by atoms with Gasteiger partial charge in [-0.25, -0.2) is 9.97 Å². The van der Waals surface area contributed by atoms with Gasteiger partial charge < -0.3 is 0 Å². The van der Waals surface area contributed by atoms with Crippen LogP contribution in [0.2, 0.25) is 0 Å². The van der Waals surface area contributed by atoms with Gasteiger partial charge in [0.05, 0.1) is 5.56 Å². The van der Waals surface area contributed by atoms with Crippen molar-refractivity contribution in [3.8, 4) is 11.1 Å². The molecule has 0 spiro atoms. The number of rotatable bonds is 10. The molecule has 0 saturated heterocycles. The van der Waals surface area contributed by atoms with E-state index in [2.05, 4.69) is 35.9 Å². The van der Waals surface area contributed by atoms with Crippen molar-refractivity contribution in [2.75, 3.05) is 0 Å². The van der Waals surface area contributed by atoms with Crippen LogP contribution < -0.4 is 0 Å². The fourth-order valence-electron chi connectivity index (χ4n) is 4.68. The molecule has 1 heterocycles. The van der Waals surface area contributed by atoms with E-state index in [0.717, 1.165) is 49.5 Å². The normalized spacial score (nSPS) is 19.4. The number of hydrogen-bond acceptors (Lipinski definition) is 2. The minimum absolute atomic E-state index is 0.400. The molecule has 1 aliphatic carbocycles. The van der Waals surface area contributed by atoms with Crippen molar-refractivity contribution < 1.29 is 4.39 Å². The third kappa shape index (κ3) is 6.62. The number of nitrogens with zero attached hydrogens (tertiary/aromatic N) is 2. The summed E-state index contributed by atoms with van der Waals surface area (Å²) in [5.41, 5.74) is 2.72. The Morgan fingerprint density at radius 1 is 0.862 bits per heavy atom. The van der Waals surface area contributed by atoms with Gasteiger partial charge in [-0.2, -0.15) is 4.39 Å². The van der Waals surface area contributed by atoms with E-state index in [-0.39, 0.29) is 0 Å². The first-order chi connectivity index (χ1) is 14.2. The molecule has 29 heavy (non-hydrogen) atoms. The largest absolute Gasteiger partial charge is 0.241 e. The van der Waals surface area contributed by atoms with Crippen LogP contribution in [0.4, 0.5) is 4.39 Å². The van der Waals surface area contributed by atoms with Gasteiger partial charge in [0.1, 0.15) is 5.82 Å². The van der Waals surface area contributed by atoms with E-state index in [0.29, 0.717) is 11.4 Å². The molecule has 2 nitrogen and oxygen atoms in total. The summed E-state index contributed by atoms with van der Waals surface area (Å²) in [6, 6.07) is 8.33. The molecule has 0 atom stereocenters. The summed E-state index contributed by atoms with van der Waals surface area (Å²) in [4.78, 5) is 8.46. The molecule has 2 aromatic rings. The second kappa shape index (κ2) is 11.4. The van der Waals surface area contributed by atoms with Crippen LogP contribution in [0, 0.1) is 17.8 Å². The Labute approximate surface area is 176 Å².